The highest BCUT2D eigenvalue weighted by molar-refractivity contribution is 5.93. The summed E-state index contributed by atoms with van der Waals surface area (Å²) in [4.78, 5) is 6.86. The number of anilines is 1. The van der Waals surface area contributed by atoms with Crippen LogP contribution in [0.5, 0.6) is 5.75 Å². The summed E-state index contributed by atoms with van der Waals surface area (Å²) in [6, 6.07) is 7.96. The Bertz CT molecular complexity index is 530. The van der Waals surface area contributed by atoms with E-state index in [2.05, 4.69) is 20.5 Å². The van der Waals surface area contributed by atoms with Crippen LogP contribution < -0.4 is 15.4 Å². The van der Waals surface area contributed by atoms with Gasteiger partial charge < -0.3 is 25.0 Å². The molecule has 1 saturated heterocycles. The molecular weight excluding hydrogens is 328 g/mol. The quantitative estimate of drug-likeness (QED) is 0.360. The second-order valence-electron chi connectivity index (χ2n) is 6.60. The molecule has 0 saturated carbocycles. The maximum Gasteiger partial charge on any atom is 0.195 e. The van der Waals surface area contributed by atoms with Crippen molar-refractivity contribution in [3.8, 4) is 5.75 Å². The van der Waals surface area contributed by atoms with Crippen LogP contribution in [-0.2, 0) is 4.74 Å². The molecule has 1 heterocycles. The molecule has 1 aromatic rings. The molecule has 0 aromatic heterocycles. The molecule has 146 valence electrons. The number of ether oxygens (including phenoxy) is 2. The van der Waals surface area contributed by atoms with E-state index in [1.807, 2.05) is 24.3 Å². The summed E-state index contributed by atoms with van der Waals surface area (Å²) in [7, 11) is 3.50. The molecule has 6 nitrogen and oxygen atoms in total. The van der Waals surface area contributed by atoms with Crippen LogP contribution in [0.3, 0.4) is 0 Å². The number of rotatable bonds is 11. The van der Waals surface area contributed by atoms with E-state index in [1.54, 1.807) is 14.2 Å². The van der Waals surface area contributed by atoms with Crippen molar-refractivity contribution in [2.24, 2.45) is 4.99 Å². The molecule has 1 aliphatic heterocycles. The van der Waals surface area contributed by atoms with Crippen molar-refractivity contribution in [1.82, 2.24) is 10.2 Å². The van der Waals surface area contributed by atoms with E-state index >= 15 is 0 Å². The zero-order valence-corrected chi connectivity index (χ0v) is 16.3. The SMILES string of the molecule is CN=C(NCCCCN1CCCC1)Nc1cccc(OCCCOC)c1. The predicted octanol–water partition coefficient (Wildman–Crippen LogP) is 2.97. The summed E-state index contributed by atoms with van der Waals surface area (Å²) in [5.74, 6) is 1.65. The number of nitrogens with one attached hydrogen (secondary N) is 2. The third kappa shape index (κ3) is 8.06. The summed E-state index contributed by atoms with van der Waals surface area (Å²) < 4.78 is 10.8. The van der Waals surface area contributed by atoms with Gasteiger partial charge in [-0.2, -0.15) is 0 Å². The highest BCUT2D eigenvalue weighted by Gasteiger charge is 2.10. The Morgan fingerprint density at radius 2 is 2.00 bits per heavy atom. The molecule has 0 radical (unpaired) electrons. The van der Waals surface area contributed by atoms with Gasteiger partial charge >= 0.3 is 0 Å². The molecule has 0 amide bonds. The summed E-state index contributed by atoms with van der Waals surface area (Å²) in [5.41, 5.74) is 0.972. The molecule has 0 spiro atoms. The lowest BCUT2D eigenvalue weighted by molar-refractivity contribution is 0.172. The van der Waals surface area contributed by atoms with Crippen LogP contribution in [0.25, 0.3) is 0 Å². The number of likely N-dealkylation sites (tertiary alicyclic amines) is 1. The van der Waals surface area contributed by atoms with E-state index in [1.165, 1.54) is 38.9 Å². The van der Waals surface area contributed by atoms with Gasteiger partial charge in [0.15, 0.2) is 5.96 Å². The number of aliphatic imine (C=N–C) groups is 1. The maximum atomic E-state index is 5.74. The van der Waals surface area contributed by atoms with Crippen molar-refractivity contribution in [1.29, 1.82) is 0 Å². The third-order valence-electron chi connectivity index (χ3n) is 4.47. The van der Waals surface area contributed by atoms with Gasteiger partial charge in [0.1, 0.15) is 5.75 Å². The summed E-state index contributed by atoms with van der Waals surface area (Å²) in [6.45, 7) is 6.07. The van der Waals surface area contributed by atoms with Crippen LogP contribution in [0.2, 0.25) is 0 Å². The molecular formula is C20H34N4O2. The standard InChI is InChI=1S/C20H34N4O2/c1-21-20(22-11-3-4-12-24-13-5-6-14-24)23-18-9-7-10-19(17-18)26-16-8-15-25-2/h7,9-10,17H,3-6,8,11-16H2,1-2H3,(H2,21,22,23). The van der Waals surface area contributed by atoms with Gasteiger partial charge in [0.2, 0.25) is 0 Å². The number of guanidine groups is 1. The molecule has 26 heavy (non-hydrogen) atoms. The number of benzene rings is 1. The second-order valence-corrected chi connectivity index (χ2v) is 6.60. The Morgan fingerprint density at radius 1 is 1.15 bits per heavy atom. The first-order valence-corrected chi connectivity index (χ1v) is 9.73. The van der Waals surface area contributed by atoms with E-state index < -0.39 is 0 Å². The van der Waals surface area contributed by atoms with Gasteiger partial charge in [-0.25, -0.2) is 0 Å². The van der Waals surface area contributed by atoms with Gasteiger partial charge in [0.05, 0.1) is 6.61 Å². The minimum absolute atomic E-state index is 0.654. The summed E-state index contributed by atoms with van der Waals surface area (Å²) in [5, 5.41) is 6.71. The van der Waals surface area contributed by atoms with E-state index in [0.717, 1.165) is 36.8 Å². The first-order chi connectivity index (χ1) is 12.8. The topological polar surface area (TPSA) is 58.1 Å². The molecule has 1 aromatic carbocycles. The molecule has 1 fully saturated rings. The van der Waals surface area contributed by atoms with Gasteiger partial charge in [0, 0.05) is 45.5 Å². The summed E-state index contributed by atoms with van der Waals surface area (Å²) >= 11 is 0. The first-order valence-electron chi connectivity index (χ1n) is 9.73. The minimum atomic E-state index is 0.654. The Balaban J connectivity index is 1.66. The van der Waals surface area contributed by atoms with Gasteiger partial charge in [-0.1, -0.05) is 6.07 Å². The average molecular weight is 363 g/mol. The van der Waals surface area contributed by atoms with E-state index in [-0.39, 0.29) is 0 Å². The predicted molar refractivity (Wildman–Crippen MR) is 108 cm³/mol. The lowest BCUT2D eigenvalue weighted by atomic mass is 10.3. The highest BCUT2D eigenvalue weighted by Crippen LogP contribution is 2.17. The van der Waals surface area contributed by atoms with Crippen LogP contribution in [0.1, 0.15) is 32.1 Å². The van der Waals surface area contributed by atoms with Gasteiger partial charge in [-0.3, -0.25) is 4.99 Å². The Labute approximate surface area is 158 Å². The van der Waals surface area contributed by atoms with E-state index in [4.69, 9.17) is 9.47 Å². The first kappa shape index (κ1) is 20.5. The van der Waals surface area contributed by atoms with Crippen molar-refractivity contribution in [3.05, 3.63) is 24.3 Å². The van der Waals surface area contributed by atoms with Crippen molar-refractivity contribution in [3.63, 3.8) is 0 Å². The van der Waals surface area contributed by atoms with Crippen LogP contribution in [0.15, 0.2) is 29.3 Å². The fourth-order valence-corrected chi connectivity index (χ4v) is 3.05. The Hall–Kier alpha value is -1.79. The highest BCUT2D eigenvalue weighted by atomic mass is 16.5. The molecule has 0 bridgehead atoms. The van der Waals surface area contributed by atoms with E-state index in [9.17, 15) is 0 Å². The number of hydrogen-bond donors (Lipinski definition) is 2. The van der Waals surface area contributed by atoms with Crippen LogP contribution >= 0.6 is 0 Å². The number of methoxy groups -OCH3 is 1. The third-order valence-corrected chi connectivity index (χ3v) is 4.47. The van der Waals surface area contributed by atoms with Gasteiger partial charge in [-0.15, -0.1) is 0 Å². The minimum Gasteiger partial charge on any atom is -0.493 e. The molecule has 6 heteroatoms. The Kier molecular flexibility index (Phi) is 9.90. The largest absolute Gasteiger partial charge is 0.493 e. The van der Waals surface area contributed by atoms with Crippen molar-refractivity contribution < 1.29 is 9.47 Å². The molecule has 2 rings (SSSR count). The van der Waals surface area contributed by atoms with Crippen molar-refractivity contribution in [2.75, 3.05) is 58.9 Å². The zero-order chi connectivity index (χ0) is 18.5. The number of unbranched alkanes of at least 4 members (excludes halogenated alkanes) is 1. The van der Waals surface area contributed by atoms with Crippen molar-refractivity contribution in [2.45, 2.75) is 32.1 Å². The van der Waals surface area contributed by atoms with Crippen molar-refractivity contribution >= 4 is 11.6 Å². The molecule has 0 atom stereocenters. The zero-order valence-electron chi connectivity index (χ0n) is 16.3. The normalized spacial score (nSPS) is 15.2. The fraction of sp³-hybridized carbons (Fsp3) is 0.650. The lowest BCUT2D eigenvalue weighted by Gasteiger charge is -2.15. The van der Waals surface area contributed by atoms with Gasteiger partial charge in [-0.05, 0) is 57.5 Å². The van der Waals surface area contributed by atoms with Crippen LogP contribution in [-0.4, -0.2) is 64.4 Å². The number of hydrogen-bond acceptors (Lipinski definition) is 4. The lowest BCUT2D eigenvalue weighted by Crippen LogP contribution is -2.32. The molecule has 0 aliphatic carbocycles. The fourth-order valence-electron chi connectivity index (χ4n) is 3.05. The molecule has 2 N–H and O–H groups in total. The van der Waals surface area contributed by atoms with Crippen LogP contribution in [0, 0.1) is 0 Å². The molecule has 0 unspecified atom stereocenters. The molecule has 1 aliphatic rings. The van der Waals surface area contributed by atoms with E-state index in [0.29, 0.717) is 13.2 Å². The maximum absolute atomic E-state index is 5.74. The number of nitrogens with zero attached hydrogens (tertiary/aromatic N) is 2. The summed E-state index contributed by atoms with van der Waals surface area (Å²) in [6.07, 6.45) is 6.00. The van der Waals surface area contributed by atoms with Gasteiger partial charge in [0.25, 0.3) is 0 Å². The Morgan fingerprint density at radius 3 is 2.77 bits per heavy atom. The monoisotopic (exact) mass is 362 g/mol. The average Bonchev–Trinajstić information content (AvgIpc) is 3.18. The van der Waals surface area contributed by atoms with Crippen LogP contribution in [0.4, 0.5) is 5.69 Å². The second kappa shape index (κ2) is 12.5. The smallest absolute Gasteiger partial charge is 0.195 e.